The van der Waals surface area contributed by atoms with Crippen LogP contribution in [0.25, 0.3) is 0 Å². The predicted molar refractivity (Wildman–Crippen MR) is 90.5 cm³/mol. The van der Waals surface area contributed by atoms with Crippen molar-refractivity contribution in [2.75, 3.05) is 6.54 Å². The molecule has 0 saturated heterocycles. The summed E-state index contributed by atoms with van der Waals surface area (Å²) in [6.45, 7) is 3.38. The zero-order valence-electron chi connectivity index (χ0n) is 13.7. The van der Waals surface area contributed by atoms with E-state index >= 15 is 0 Å². The standard InChI is InChI=1S/C18H24ClNO3/c1-17(2,16(22)23)12-20-15(21)18(8-3-4-9-18)11-13-6-5-7-14(19)10-13/h5-7,10H,3-4,8-9,11-12H2,1-2H3,(H,20,21)(H,22,23). The summed E-state index contributed by atoms with van der Waals surface area (Å²) in [4.78, 5) is 24.0. The average molecular weight is 338 g/mol. The van der Waals surface area contributed by atoms with E-state index in [1.54, 1.807) is 13.8 Å². The molecular formula is C18H24ClNO3. The first-order chi connectivity index (χ1) is 10.8. The van der Waals surface area contributed by atoms with Crippen molar-refractivity contribution in [3.8, 4) is 0 Å². The molecular weight excluding hydrogens is 314 g/mol. The summed E-state index contributed by atoms with van der Waals surface area (Å²) in [5.41, 5.74) is -0.364. The number of carboxylic acid groups (broad SMARTS) is 1. The number of nitrogens with one attached hydrogen (secondary N) is 1. The van der Waals surface area contributed by atoms with Crippen molar-refractivity contribution >= 4 is 23.5 Å². The molecule has 4 nitrogen and oxygen atoms in total. The van der Waals surface area contributed by atoms with Crippen molar-refractivity contribution in [3.63, 3.8) is 0 Å². The molecule has 0 atom stereocenters. The number of carboxylic acids is 1. The summed E-state index contributed by atoms with van der Waals surface area (Å²) in [7, 11) is 0. The third-order valence-electron chi connectivity index (χ3n) is 4.74. The van der Waals surface area contributed by atoms with Gasteiger partial charge in [0.15, 0.2) is 0 Å². The van der Waals surface area contributed by atoms with Crippen LogP contribution >= 0.6 is 11.6 Å². The molecule has 0 radical (unpaired) electrons. The monoisotopic (exact) mass is 337 g/mol. The van der Waals surface area contributed by atoms with Crippen LogP contribution in [-0.4, -0.2) is 23.5 Å². The van der Waals surface area contributed by atoms with E-state index in [-0.39, 0.29) is 12.5 Å². The fourth-order valence-electron chi connectivity index (χ4n) is 3.14. The number of carbonyl (C=O) groups is 2. The van der Waals surface area contributed by atoms with Gasteiger partial charge in [0.1, 0.15) is 0 Å². The summed E-state index contributed by atoms with van der Waals surface area (Å²) < 4.78 is 0. The van der Waals surface area contributed by atoms with Crippen molar-refractivity contribution in [1.29, 1.82) is 0 Å². The van der Waals surface area contributed by atoms with E-state index in [0.717, 1.165) is 31.2 Å². The zero-order valence-corrected chi connectivity index (χ0v) is 14.4. The predicted octanol–water partition coefficient (Wildman–Crippen LogP) is 3.67. The van der Waals surface area contributed by atoms with Gasteiger partial charge < -0.3 is 10.4 Å². The van der Waals surface area contributed by atoms with Crippen molar-refractivity contribution in [2.45, 2.75) is 46.0 Å². The smallest absolute Gasteiger partial charge is 0.310 e. The zero-order chi connectivity index (χ0) is 17.1. The Hall–Kier alpha value is -1.55. The summed E-state index contributed by atoms with van der Waals surface area (Å²) in [6.07, 6.45) is 4.36. The molecule has 0 aromatic heterocycles. The van der Waals surface area contributed by atoms with Crippen LogP contribution in [0, 0.1) is 10.8 Å². The second-order valence-corrected chi connectivity index (χ2v) is 7.60. The van der Waals surface area contributed by atoms with Crippen molar-refractivity contribution in [3.05, 3.63) is 34.9 Å². The molecule has 0 bridgehead atoms. The quantitative estimate of drug-likeness (QED) is 0.832. The highest BCUT2D eigenvalue weighted by molar-refractivity contribution is 6.30. The largest absolute Gasteiger partial charge is 0.481 e. The lowest BCUT2D eigenvalue weighted by molar-refractivity contribution is -0.147. The second-order valence-electron chi connectivity index (χ2n) is 7.17. The molecule has 1 aromatic carbocycles. The highest BCUT2D eigenvalue weighted by Crippen LogP contribution is 2.41. The fraction of sp³-hybridized carbons (Fsp3) is 0.556. The van der Waals surface area contributed by atoms with Crippen LogP contribution in [0.4, 0.5) is 0 Å². The highest BCUT2D eigenvalue weighted by Gasteiger charge is 2.42. The van der Waals surface area contributed by atoms with Gasteiger partial charge in [-0.25, -0.2) is 0 Å². The van der Waals surface area contributed by atoms with Crippen molar-refractivity contribution in [1.82, 2.24) is 5.32 Å². The van der Waals surface area contributed by atoms with Crippen LogP contribution in [-0.2, 0) is 16.0 Å². The molecule has 1 aliphatic carbocycles. The maximum atomic E-state index is 12.8. The number of benzene rings is 1. The highest BCUT2D eigenvalue weighted by atomic mass is 35.5. The molecule has 5 heteroatoms. The van der Waals surface area contributed by atoms with Gasteiger partial charge in [-0.3, -0.25) is 9.59 Å². The number of aliphatic carboxylic acids is 1. The van der Waals surface area contributed by atoms with Crippen LogP contribution < -0.4 is 5.32 Å². The maximum absolute atomic E-state index is 12.8. The van der Waals surface area contributed by atoms with E-state index in [1.165, 1.54) is 0 Å². The SMILES string of the molecule is CC(C)(CNC(=O)C1(Cc2cccc(Cl)c2)CCCC1)C(=O)O. The Balaban J connectivity index is 2.11. The number of hydrogen-bond donors (Lipinski definition) is 2. The topological polar surface area (TPSA) is 66.4 Å². The number of halogens is 1. The molecule has 126 valence electrons. The lowest BCUT2D eigenvalue weighted by Gasteiger charge is -2.30. The van der Waals surface area contributed by atoms with E-state index in [0.29, 0.717) is 11.4 Å². The van der Waals surface area contributed by atoms with Gasteiger partial charge in [0.25, 0.3) is 0 Å². The minimum Gasteiger partial charge on any atom is -0.481 e. The first-order valence-corrected chi connectivity index (χ1v) is 8.39. The molecule has 0 unspecified atom stereocenters. The van der Waals surface area contributed by atoms with E-state index in [9.17, 15) is 14.7 Å². The number of amides is 1. The lowest BCUT2D eigenvalue weighted by Crippen LogP contribution is -2.46. The summed E-state index contributed by atoms with van der Waals surface area (Å²) >= 11 is 6.05. The Kier molecular flexibility index (Phi) is 5.35. The molecule has 0 spiro atoms. The van der Waals surface area contributed by atoms with Gasteiger partial charge in [0.05, 0.1) is 10.8 Å². The number of hydrogen-bond acceptors (Lipinski definition) is 2. The van der Waals surface area contributed by atoms with Gasteiger partial charge in [-0.05, 0) is 50.8 Å². The second kappa shape index (κ2) is 6.91. The first kappa shape index (κ1) is 17.8. The van der Waals surface area contributed by atoms with Gasteiger partial charge in [-0.2, -0.15) is 0 Å². The fourth-order valence-corrected chi connectivity index (χ4v) is 3.35. The Morgan fingerprint density at radius 2 is 1.96 bits per heavy atom. The van der Waals surface area contributed by atoms with E-state index in [2.05, 4.69) is 5.32 Å². The molecule has 1 fully saturated rings. The molecule has 23 heavy (non-hydrogen) atoms. The average Bonchev–Trinajstić information content (AvgIpc) is 2.94. The van der Waals surface area contributed by atoms with Crippen molar-refractivity contribution < 1.29 is 14.7 Å². The van der Waals surface area contributed by atoms with Crippen LogP contribution in [0.15, 0.2) is 24.3 Å². The van der Waals surface area contributed by atoms with Crippen molar-refractivity contribution in [2.24, 2.45) is 10.8 Å². The van der Waals surface area contributed by atoms with Crippen LogP contribution in [0.3, 0.4) is 0 Å². The Labute approximate surface area is 142 Å². The lowest BCUT2D eigenvalue weighted by atomic mass is 9.78. The Morgan fingerprint density at radius 3 is 2.52 bits per heavy atom. The summed E-state index contributed by atoms with van der Waals surface area (Å²) in [5.74, 6) is -0.947. The summed E-state index contributed by atoms with van der Waals surface area (Å²) in [5, 5.41) is 12.7. The first-order valence-electron chi connectivity index (χ1n) is 8.01. The van der Waals surface area contributed by atoms with Gasteiger partial charge >= 0.3 is 5.97 Å². The molecule has 1 saturated carbocycles. The third kappa shape index (κ3) is 4.25. The minimum atomic E-state index is -0.967. The van der Waals surface area contributed by atoms with E-state index in [1.807, 2.05) is 24.3 Å². The van der Waals surface area contributed by atoms with Gasteiger partial charge in [-0.15, -0.1) is 0 Å². The maximum Gasteiger partial charge on any atom is 0.310 e. The molecule has 1 amide bonds. The van der Waals surface area contributed by atoms with Crippen LogP contribution in [0.1, 0.15) is 45.1 Å². The van der Waals surface area contributed by atoms with Crippen LogP contribution in [0.5, 0.6) is 0 Å². The van der Waals surface area contributed by atoms with Gasteiger partial charge in [0, 0.05) is 11.6 Å². The van der Waals surface area contributed by atoms with Crippen LogP contribution in [0.2, 0.25) is 5.02 Å². The molecule has 0 heterocycles. The van der Waals surface area contributed by atoms with Gasteiger partial charge in [0.2, 0.25) is 5.91 Å². The molecule has 2 N–H and O–H groups in total. The number of rotatable bonds is 6. The normalized spacial score (nSPS) is 17.0. The van der Waals surface area contributed by atoms with E-state index < -0.39 is 16.8 Å². The number of carbonyl (C=O) groups excluding carboxylic acids is 1. The van der Waals surface area contributed by atoms with Gasteiger partial charge in [-0.1, -0.05) is 36.6 Å². The minimum absolute atomic E-state index is 0.0377. The molecule has 0 aliphatic heterocycles. The summed E-state index contributed by atoms with van der Waals surface area (Å²) in [6, 6.07) is 7.60. The molecule has 2 rings (SSSR count). The molecule has 1 aromatic rings. The van der Waals surface area contributed by atoms with E-state index in [4.69, 9.17) is 11.6 Å². The Bertz CT molecular complexity index is 592. The molecule has 1 aliphatic rings. The Morgan fingerprint density at radius 1 is 1.30 bits per heavy atom. The third-order valence-corrected chi connectivity index (χ3v) is 4.98.